The Bertz CT molecular complexity index is 969. The van der Waals surface area contributed by atoms with Gasteiger partial charge in [0.1, 0.15) is 21.8 Å². The van der Waals surface area contributed by atoms with E-state index in [0.29, 0.717) is 27.7 Å². The van der Waals surface area contributed by atoms with Crippen LogP contribution in [0.15, 0.2) is 60.7 Å². The lowest BCUT2D eigenvalue weighted by molar-refractivity contribution is -0.115. The van der Waals surface area contributed by atoms with Gasteiger partial charge in [-0.15, -0.1) is 0 Å². The molecular formula is C21H17N3OS. The highest BCUT2D eigenvalue weighted by Crippen LogP contribution is 2.36. The van der Waals surface area contributed by atoms with Crippen molar-refractivity contribution in [1.29, 1.82) is 5.26 Å². The summed E-state index contributed by atoms with van der Waals surface area (Å²) >= 11 is 1.32. The fraction of sp³-hybridized carbons (Fsp3) is 0.0952. The Balaban J connectivity index is 2.06. The lowest BCUT2D eigenvalue weighted by Crippen LogP contribution is -2.08. The Labute approximate surface area is 156 Å². The van der Waals surface area contributed by atoms with E-state index in [1.807, 2.05) is 60.7 Å². The lowest BCUT2D eigenvalue weighted by atomic mass is 10.1. The summed E-state index contributed by atoms with van der Waals surface area (Å²) in [5.41, 5.74) is 2.98. The number of carbonyl (C=O) groups is 1. The van der Waals surface area contributed by atoms with Crippen LogP contribution in [-0.2, 0) is 4.79 Å². The van der Waals surface area contributed by atoms with Crippen molar-refractivity contribution < 1.29 is 4.79 Å². The van der Waals surface area contributed by atoms with Gasteiger partial charge < -0.3 is 5.32 Å². The number of thiazole rings is 1. The van der Waals surface area contributed by atoms with Crippen LogP contribution in [0.5, 0.6) is 0 Å². The molecule has 1 amide bonds. The first-order chi connectivity index (χ1) is 12.7. The number of anilines is 1. The molecule has 5 heteroatoms. The maximum Gasteiger partial charge on any atom is 0.224 e. The van der Waals surface area contributed by atoms with Gasteiger partial charge >= 0.3 is 0 Å². The van der Waals surface area contributed by atoms with Gasteiger partial charge in [-0.05, 0) is 11.6 Å². The third-order valence-corrected chi connectivity index (χ3v) is 4.71. The molecule has 0 aliphatic rings. The molecule has 3 rings (SSSR count). The van der Waals surface area contributed by atoms with Crippen molar-refractivity contribution in [1.82, 2.24) is 4.98 Å². The molecule has 0 radical (unpaired) electrons. The fourth-order valence-electron chi connectivity index (χ4n) is 2.38. The Morgan fingerprint density at radius 1 is 1.15 bits per heavy atom. The number of carbonyl (C=O) groups excluding carboxylic acids is 1. The van der Waals surface area contributed by atoms with Crippen molar-refractivity contribution in [2.45, 2.75) is 13.3 Å². The van der Waals surface area contributed by atoms with Crippen molar-refractivity contribution >= 4 is 33.9 Å². The highest BCUT2D eigenvalue weighted by molar-refractivity contribution is 7.17. The molecule has 0 bridgehead atoms. The summed E-state index contributed by atoms with van der Waals surface area (Å²) in [7, 11) is 0. The van der Waals surface area contributed by atoms with Gasteiger partial charge in [-0.1, -0.05) is 78.9 Å². The number of allylic oxidation sites excluding steroid dienone is 1. The van der Waals surface area contributed by atoms with Crippen molar-refractivity contribution in [3.8, 4) is 17.3 Å². The van der Waals surface area contributed by atoms with Crippen LogP contribution in [0.25, 0.3) is 22.9 Å². The summed E-state index contributed by atoms with van der Waals surface area (Å²) in [5.74, 6) is -0.0806. The molecule has 0 unspecified atom stereocenters. The largest absolute Gasteiger partial charge is 0.316 e. The number of nitriles is 1. The first-order valence-corrected chi connectivity index (χ1v) is 9.06. The molecule has 0 atom stereocenters. The Morgan fingerprint density at radius 2 is 1.81 bits per heavy atom. The zero-order valence-corrected chi connectivity index (χ0v) is 15.1. The number of amides is 1. The van der Waals surface area contributed by atoms with Crippen LogP contribution in [0.3, 0.4) is 0 Å². The molecule has 0 saturated carbocycles. The maximum absolute atomic E-state index is 11.9. The minimum atomic E-state index is -0.0806. The number of hydrogen-bond donors (Lipinski definition) is 1. The smallest absolute Gasteiger partial charge is 0.224 e. The van der Waals surface area contributed by atoms with Crippen LogP contribution in [0.2, 0.25) is 0 Å². The van der Waals surface area contributed by atoms with Gasteiger partial charge in [-0.2, -0.15) is 5.26 Å². The van der Waals surface area contributed by atoms with E-state index >= 15 is 0 Å². The molecule has 0 fully saturated rings. The number of nitrogens with zero attached hydrogens (tertiary/aromatic N) is 2. The van der Waals surface area contributed by atoms with Gasteiger partial charge in [0.25, 0.3) is 0 Å². The monoisotopic (exact) mass is 359 g/mol. The quantitative estimate of drug-likeness (QED) is 0.635. The van der Waals surface area contributed by atoms with Crippen molar-refractivity contribution in [3.05, 3.63) is 71.2 Å². The Hall–Kier alpha value is -3.23. The van der Waals surface area contributed by atoms with Crippen LogP contribution < -0.4 is 5.32 Å². The molecule has 0 spiro atoms. The molecule has 26 heavy (non-hydrogen) atoms. The van der Waals surface area contributed by atoms with E-state index in [4.69, 9.17) is 0 Å². The number of rotatable bonds is 5. The van der Waals surface area contributed by atoms with Gasteiger partial charge in [-0.3, -0.25) is 4.79 Å². The predicted octanol–water partition coefficient (Wildman–Crippen LogP) is 5.22. The van der Waals surface area contributed by atoms with Crippen molar-refractivity contribution in [3.63, 3.8) is 0 Å². The van der Waals surface area contributed by atoms with Gasteiger partial charge in [0.2, 0.25) is 5.91 Å². The molecule has 2 aromatic carbocycles. The summed E-state index contributed by atoms with van der Waals surface area (Å²) < 4.78 is 0. The SMILES string of the molecule is CCC(=O)Nc1sc(/C(C#N)=C\c2ccccc2)nc1-c1ccccc1. The van der Waals surface area contributed by atoms with Gasteiger partial charge in [-0.25, -0.2) is 4.98 Å². The van der Waals surface area contributed by atoms with Crippen molar-refractivity contribution in [2.24, 2.45) is 0 Å². The van der Waals surface area contributed by atoms with Gasteiger partial charge in [0.05, 0.1) is 5.57 Å². The third kappa shape index (κ3) is 4.05. The highest BCUT2D eigenvalue weighted by Gasteiger charge is 2.17. The summed E-state index contributed by atoms with van der Waals surface area (Å²) in [6.45, 7) is 1.80. The first-order valence-electron chi connectivity index (χ1n) is 8.24. The second-order valence-corrected chi connectivity index (χ2v) is 6.54. The topological polar surface area (TPSA) is 65.8 Å². The van der Waals surface area contributed by atoms with E-state index in [1.165, 1.54) is 11.3 Å². The fourth-order valence-corrected chi connectivity index (χ4v) is 3.35. The van der Waals surface area contributed by atoms with Gasteiger partial charge in [0.15, 0.2) is 0 Å². The van der Waals surface area contributed by atoms with E-state index in [2.05, 4.69) is 16.4 Å². The maximum atomic E-state index is 11.9. The predicted molar refractivity (Wildman–Crippen MR) is 106 cm³/mol. The summed E-state index contributed by atoms with van der Waals surface area (Å²) in [6.07, 6.45) is 2.19. The second kappa shape index (κ2) is 8.24. The zero-order valence-electron chi connectivity index (χ0n) is 14.3. The van der Waals surface area contributed by atoms with E-state index in [0.717, 1.165) is 11.1 Å². The molecule has 0 saturated heterocycles. The normalized spacial score (nSPS) is 11.0. The summed E-state index contributed by atoms with van der Waals surface area (Å²) in [6, 6.07) is 21.5. The molecule has 4 nitrogen and oxygen atoms in total. The van der Waals surface area contributed by atoms with Crippen LogP contribution in [0, 0.1) is 11.3 Å². The van der Waals surface area contributed by atoms with Crippen molar-refractivity contribution in [2.75, 3.05) is 5.32 Å². The average Bonchev–Trinajstić information content (AvgIpc) is 3.11. The van der Waals surface area contributed by atoms with Crippen LogP contribution >= 0.6 is 11.3 Å². The van der Waals surface area contributed by atoms with Crippen LogP contribution in [-0.4, -0.2) is 10.9 Å². The molecule has 0 aliphatic heterocycles. The highest BCUT2D eigenvalue weighted by atomic mass is 32.1. The minimum absolute atomic E-state index is 0.0806. The molecule has 1 aromatic heterocycles. The first kappa shape index (κ1) is 17.6. The number of benzene rings is 2. The minimum Gasteiger partial charge on any atom is -0.316 e. The molecule has 3 aromatic rings. The van der Waals surface area contributed by atoms with Crippen LogP contribution in [0.1, 0.15) is 23.9 Å². The third-order valence-electron chi connectivity index (χ3n) is 3.71. The van der Waals surface area contributed by atoms with Gasteiger partial charge in [0, 0.05) is 12.0 Å². The standard InChI is InChI=1S/C21H17N3OS/c1-2-18(25)23-21-19(16-11-7-4-8-12-16)24-20(26-21)17(14-22)13-15-9-5-3-6-10-15/h3-13H,2H2,1H3,(H,23,25)/b17-13-. The average molecular weight is 359 g/mol. The Kier molecular flexibility index (Phi) is 5.57. The molecule has 0 aliphatic carbocycles. The molecular weight excluding hydrogens is 342 g/mol. The molecule has 128 valence electrons. The number of aromatic nitrogens is 1. The molecule has 1 heterocycles. The lowest BCUT2D eigenvalue weighted by Gasteiger charge is -2.03. The zero-order chi connectivity index (χ0) is 18.4. The second-order valence-electron chi connectivity index (χ2n) is 5.55. The summed E-state index contributed by atoms with van der Waals surface area (Å²) in [5, 5.41) is 13.7. The van der Waals surface area contributed by atoms with E-state index in [9.17, 15) is 10.1 Å². The van der Waals surface area contributed by atoms with E-state index in [1.54, 1.807) is 13.0 Å². The number of nitrogens with one attached hydrogen (secondary N) is 1. The summed E-state index contributed by atoms with van der Waals surface area (Å²) in [4.78, 5) is 16.5. The van der Waals surface area contributed by atoms with Crippen LogP contribution in [0.4, 0.5) is 5.00 Å². The van der Waals surface area contributed by atoms with E-state index in [-0.39, 0.29) is 5.91 Å². The van der Waals surface area contributed by atoms with E-state index < -0.39 is 0 Å². The molecule has 1 N–H and O–H groups in total. The Morgan fingerprint density at radius 3 is 2.42 bits per heavy atom. The number of hydrogen-bond acceptors (Lipinski definition) is 4.